The van der Waals surface area contributed by atoms with Crippen LogP contribution in [0.1, 0.15) is 27.7 Å². The van der Waals surface area contributed by atoms with Crippen molar-refractivity contribution in [1.29, 1.82) is 0 Å². The standard InChI is InChI=1S/C12H26O5.C9H20O5/c1-9(14)6-15-11(3)8-17-12(4)7-16-10(2)5-13;1-11-4-5-13-8-9-14-7-6-12-3-2-10/h9-14H,5-8H2,1-4H3;10H,2-9H2,1H3. The van der Waals surface area contributed by atoms with Crippen LogP contribution in [-0.2, 0) is 33.2 Å². The highest BCUT2D eigenvalue weighted by atomic mass is 16.6. The van der Waals surface area contributed by atoms with Crippen LogP contribution in [0.15, 0.2) is 0 Å². The van der Waals surface area contributed by atoms with E-state index in [0.29, 0.717) is 66.1 Å². The normalized spacial score (nSPS) is 15.1. The molecule has 10 heteroatoms. The van der Waals surface area contributed by atoms with Crippen molar-refractivity contribution in [3.8, 4) is 0 Å². The summed E-state index contributed by atoms with van der Waals surface area (Å²) in [6.07, 6.45) is -0.711. The summed E-state index contributed by atoms with van der Waals surface area (Å²) in [5.74, 6) is 0. The smallest absolute Gasteiger partial charge is 0.0781 e. The van der Waals surface area contributed by atoms with E-state index in [1.54, 1.807) is 21.0 Å². The average Bonchev–Trinajstić information content (AvgIpc) is 2.76. The van der Waals surface area contributed by atoms with Gasteiger partial charge in [-0.2, -0.15) is 0 Å². The summed E-state index contributed by atoms with van der Waals surface area (Å²) in [5, 5.41) is 26.2. The van der Waals surface area contributed by atoms with Gasteiger partial charge >= 0.3 is 0 Å². The molecule has 31 heavy (non-hydrogen) atoms. The molecule has 0 aromatic heterocycles. The Hall–Kier alpha value is -0.400. The molecule has 0 radical (unpaired) electrons. The minimum atomic E-state index is -0.455. The van der Waals surface area contributed by atoms with E-state index in [0.717, 1.165) is 0 Å². The zero-order chi connectivity index (χ0) is 23.7. The summed E-state index contributed by atoms with van der Waals surface area (Å²) >= 11 is 0. The number of aliphatic hydroxyl groups is 3. The van der Waals surface area contributed by atoms with Crippen LogP contribution in [0.2, 0.25) is 0 Å². The Morgan fingerprint density at radius 3 is 1.42 bits per heavy atom. The molecule has 3 N–H and O–H groups in total. The zero-order valence-electron chi connectivity index (χ0n) is 20.0. The molecule has 0 aliphatic carbocycles. The predicted molar refractivity (Wildman–Crippen MR) is 116 cm³/mol. The number of ether oxygens (including phenoxy) is 7. The Bertz CT molecular complexity index is 321. The summed E-state index contributed by atoms with van der Waals surface area (Å²) < 4.78 is 36.3. The van der Waals surface area contributed by atoms with Gasteiger partial charge in [0.2, 0.25) is 0 Å². The van der Waals surface area contributed by atoms with Gasteiger partial charge in [-0.25, -0.2) is 0 Å². The third kappa shape index (κ3) is 29.6. The fraction of sp³-hybridized carbons (Fsp3) is 1.00. The molecule has 0 heterocycles. The molecule has 4 unspecified atom stereocenters. The molecular formula is C21H46O10. The van der Waals surface area contributed by atoms with Gasteiger partial charge in [-0.15, -0.1) is 0 Å². The van der Waals surface area contributed by atoms with E-state index in [9.17, 15) is 0 Å². The van der Waals surface area contributed by atoms with Crippen molar-refractivity contribution in [2.75, 3.05) is 86.4 Å². The molecular weight excluding hydrogens is 412 g/mol. The SMILES string of the molecule is CC(O)COC(C)COC(C)COC(C)CO.COCCOCCOCCOCCO. The van der Waals surface area contributed by atoms with Gasteiger partial charge in [-0.3, -0.25) is 0 Å². The van der Waals surface area contributed by atoms with Crippen LogP contribution in [-0.4, -0.2) is 126 Å². The number of hydrogen-bond donors (Lipinski definition) is 3. The second-order valence-corrected chi connectivity index (χ2v) is 7.02. The molecule has 4 atom stereocenters. The Balaban J connectivity index is 0. The second kappa shape index (κ2) is 25.9. The Kier molecular flexibility index (Phi) is 27.3. The van der Waals surface area contributed by atoms with Gasteiger partial charge in [-0.05, 0) is 27.7 Å². The molecule has 0 aliphatic rings. The monoisotopic (exact) mass is 458 g/mol. The fourth-order valence-electron chi connectivity index (χ4n) is 1.80. The lowest BCUT2D eigenvalue weighted by Gasteiger charge is -2.19. The molecule has 0 rings (SSSR count). The van der Waals surface area contributed by atoms with Crippen molar-refractivity contribution in [2.45, 2.75) is 52.1 Å². The molecule has 190 valence electrons. The topological polar surface area (TPSA) is 125 Å². The van der Waals surface area contributed by atoms with Crippen LogP contribution in [0.5, 0.6) is 0 Å². The van der Waals surface area contributed by atoms with Crippen LogP contribution in [0.4, 0.5) is 0 Å². The van der Waals surface area contributed by atoms with Gasteiger partial charge in [0.1, 0.15) is 0 Å². The number of aliphatic hydroxyl groups excluding tert-OH is 3. The maximum atomic E-state index is 9.04. The van der Waals surface area contributed by atoms with E-state index in [1.807, 2.05) is 13.8 Å². The van der Waals surface area contributed by atoms with Gasteiger partial charge in [-0.1, -0.05) is 0 Å². The molecule has 0 aliphatic heterocycles. The summed E-state index contributed by atoms with van der Waals surface area (Å²) in [6, 6.07) is 0. The van der Waals surface area contributed by atoms with E-state index < -0.39 is 6.10 Å². The maximum Gasteiger partial charge on any atom is 0.0781 e. The maximum absolute atomic E-state index is 9.04. The zero-order valence-corrected chi connectivity index (χ0v) is 20.0. The molecule has 0 aromatic carbocycles. The molecule has 0 aromatic rings. The molecule has 0 saturated carbocycles. The van der Waals surface area contributed by atoms with Gasteiger partial charge < -0.3 is 48.5 Å². The van der Waals surface area contributed by atoms with Crippen LogP contribution >= 0.6 is 0 Å². The number of hydrogen-bond acceptors (Lipinski definition) is 10. The molecule has 0 amide bonds. The molecule has 0 spiro atoms. The van der Waals surface area contributed by atoms with Crippen LogP contribution in [0.25, 0.3) is 0 Å². The van der Waals surface area contributed by atoms with E-state index in [1.165, 1.54) is 0 Å². The first-order valence-corrected chi connectivity index (χ1v) is 10.8. The third-order valence-corrected chi connectivity index (χ3v) is 3.52. The quantitative estimate of drug-likeness (QED) is 0.206. The lowest BCUT2D eigenvalue weighted by Crippen LogP contribution is -2.27. The molecule has 10 nitrogen and oxygen atoms in total. The van der Waals surface area contributed by atoms with E-state index >= 15 is 0 Å². The van der Waals surface area contributed by atoms with Gasteiger partial charge in [0.25, 0.3) is 0 Å². The first-order chi connectivity index (χ1) is 14.9. The van der Waals surface area contributed by atoms with Crippen molar-refractivity contribution in [3.63, 3.8) is 0 Å². The minimum absolute atomic E-state index is 0.0145. The first kappa shape index (κ1) is 32.8. The highest BCUT2D eigenvalue weighted by Gasteiger charge is 2.09. The predicted octanol–water partition coefficient (Wildman–Crippen LogP) is 0.250. The summed E-state index contributed by atoms with van der Waals surface area (Å²) in [5.41, 5.74) is 0. The van der Waals surface area contributed by atoms with Crippen molar-refractivity contribution in [1.82, 2.24) is 0 Å². The van der Waals surface area contributed by atoms with Crippen LogP contribution in [0.3, 0.4) is 0 Å². The van der Waals surface area contributed by atoms with Crippen molar-refractivity contribution in [3.05, 3.63) is 0 Å². The number of methoxy groups -OCH3 is 1. The second-order valence-electron chi connectivity index (χ2n) is 7.02. The summed E-state index contributed by atoms with van der Waals surface area (Å²) in [4.78, 5) is 0. The first-order valence-electron chi connectivity index (χ1n) is 10.8. The van der Waals surface area contributed by atoms with Gasteiger partial charge in [0.15, 0.2) is 0 Å². The van der Waals surface area contributed by atoms with Crippen LogP contribution in [0, 0.1) is 0 Å². The van der Waals surface area contributed by atoms with E-state index in [4.69, 9.17) is 48.5 Å². The summed E-state index contributed by atoms with van der Waals surface area (Å²) in [7, 11) is 1.64. The van der Waals surface area contributed by atoms with Crippen molar-refractivity contribution in [2.24, 2.45) is 0 Å². The molecule has 0 bridgehead atoms. The minimum Gasteiger partial charge on any atom is -0.394 e. The van der Waals surface area contributed by atoms with Gasteiger partial charge in [0, 0.05) is 7.11 Å². The Morgan fingerprint density at radius 2 is 1.00 bits per heavy atom. The highest BCUT2D eigenvalue weighted by Crippen LogP contribution is 2.00. The van der Waals surface area contributed by atoms with Crippen LogP contribution < -0.4 is 0 Å². The summed E-state index contributed by atoms with van der Waals surface area (Å²) in [6.45, 7) is 12.3. The van der Waals surface area contributed by atoms with E-state index in [-0.39, 0.29) is 31.5 Å². The Morgan fingerprint density at radius 1 is 0.581 bits per heavy atom. The largest absolute Gasteiger partial charge is 0.394 e. The molecule has 0 saturated heterocycles. The Labute approximate surface area is 187 Å². The number of rotatable bonds is 21. The van der Waals surface area contributed by atoms with Crippen molar-refractivity contribution >= 4 is 0 Å². The highest BCUT2D eigenvalue weighted by molar-refractivity contribution is 4.55. The third-order valence-electron chi connectivity index (χ3n) is 3.52. The van der Waals surface area contributed by atoms with E-state index in [2.05, 4.69) is 0 Å². The molecule has 0 fully saturated rings. The lowest BCUT2D eigenvalue weighted by molar-refractivity contribution is -0.0825. The fourth-order valence-corrected chi connectivity index (χ4v) is 1.80. The average molecular weight is 459 g/mol. The lowest BCUT2D eigenvalue weighted by atomic mass is 10.3. The van der Waals surface area contributed by atoms with Crippen molar-refractivity contribution < 1.29 is 48.5 Å². The van der Waals surface area contributed by atoms with Gasteiger partial charge in [0.05, 0.1) is 104 Å².